The standard InChI is InChI=1S/C16H18N2O2S2/c19-16(12-10-13(20-17-12)11-3-4-11)18-6-5-15(22-9-7-18)14-2-1-8-21-14/h1-2,8,10-11,15H,3-7,9H2/t15-/m1/s1. The van der Waals surface area contributed by atoms with E-state index in [9.17, 15) is 4.79 Å². The van der Waals surface area contributed by atoms with E-state index in [0.717, 1.165) is 43.9 Å². The molecule has 0 bridgehead atoms. The highest BCUT2D eigenvalue weighted by Gasteiger charge is 2.30. The summed E-state index contributed by atoms with van der Waals surface area (Å²) >= 11 is 3.76. The first-order valence-corrected chi connectivity index (χ1v) is 9.65. The van der Waals surface area contributed by atoms with E-state index in [-0.39, 0.29) is 5.91 Å². The highest BCUT2D eigenvalue weighted by atomic mass is 32.2. The second-order valence-corrected chi connectivity index (χ2v) is 8.13. The molecule has 1 saturated carbocycles. The van der Waals surface area contributed by atoms with E-state index in [2.05, 4.69) is 22.7 Å². The van der Waals surface area contributed by atoms with Crippen molar-refractivity contribution in [1.29, 1.82) is 0 Å². The highest BCUT2D eigenvalue weighted by Crippen LogP contribution is 2.40. The third kappa shape index (κ3) is 2.94. The van der Waals surface area contributed by atoms with Crippen molar-refractivity contribution in [3.05, 3.63) is 39.9 Å². The van der Waals surface area contributed by atoms with Crippen molar-refractivity contribution in [2.45, 2.75) is 30.4 Å². The van der Waals surface area contributed by atoms with Gasteiger partial charge in [-0.3, -0.25) is 4.79 Å². The molecule has 3 heterocycles. The summed E-state index contributed by atoms with van der Waals surface area (Å²) < 4.78 is 5.31. The molecule has 0 spiro atoms. The molecule has 0 unspecified atom stereocenters. The molecule has 4 nitrogen and oxygen atoms in total. The Morgan fingerprint density at radius 3 is 3.00 bits per heavy atom. The fourth-order valence-electron chi connectivity index (χ4n) is 2.79. The van der Waals surface area contributed by atoms with Gasteiger partial charge in [0.05, 0.1) is 0 Å². The van der Waals surface area contributed by atoms with E-state index < -0.39 is 0 Å². The summed E-state index contributed by atoms with van der Waals surface area (Å²) in [4.78, 5) is 15.9. The van der Waals surface area contributed by atoms with Crippen LogP contribution in [0, 0.1) is 0 Å². The lowest BCUT2D eigenvalue weighted by molar-refractivity contribution is 0.0756. The van der Waals surface area contributed by atoms with E-state index in [1.54, 1.807) is 11.3 Å². The quantitative estimate of drug-likeness (QED) is 0.853. The van der Waals surface area contributed by atoms with Gasteiger partial charge in [-0.15, -0.1) is 11.3 Å². The number of thioether (sulfide) groups is 1. The second kappa shape index (κ2) is 6.08. The summed E-state index contributed by atoms with van der Waals surface area (Å²) in [5.41, 5.74) is 0.474. The first kappa shape index (κ1) is 14.3. The fourth-order valence-corrected chi connectivity index (χ4v) is 5.02. The number of carbonyl (C=O) groups is 1. The Hall–Kier alpha value is -1.27. The van der Waals surface area contributed by atoms with Crippen LogP contribution in [0.3, 0.4) is 0 Å². The van der Waals surface area contributed by atoms with Crippen molar-refractivity contribution in [2.24, 2.45) is 0 Å². The van der Waals surface area contributed by atoms with Crippen LogP contribution in [0.25, 0.3) is 0 Å². The summed E-state index contributed by atoms with van der Waals surface area (Å²) in [6, 6.07) is 6.14. The first-order chi connectivity index (χ1) is 10.8. The minimum absolute atomic E-state index is 0.0167. The zero-order valence-electron chi connectivity index (χ0n) is 12.2. The highest BCUT2D eigenvalue weighted by molar-refractivity contribution is 7.99. The van der Waals surface area contributed by atoms with Gasteiger partial charge in [0, 0.05) is 41.0 Å². The SMILES string of the molecule is O=C(c1cc(C2CC2)on1)N1CCS[C@@H](c2cccs2)CC1. The predicted molar refractivity (Wildman–Crippen MR) is 88.5 cm³/mol. The van der Waals surface area contributed by atoms with Crippen LogP contribution < -0.4 is 0 Å². The van der Waals surface area contributed by atoms with Crippen LogP contribution in [-0.4, -0.2) is 34.8 Å². The van der Waals surface area contributed by atoms with Crippen LogP contribution in [0.15, 0.2) is 28.1 Å². The Morgan fingerprint density at radius 1 is 1.32 bits per heavy atom. The first-order valence-electron chi connectivity index (χ1n) is 7.72. The van der Waals surface area contributed by atoms with Gasteiger partial charge >= 0.3 is 0 Å². The number of hydrogen-bond donors (Lipinski definition) is 0. The van der Waals surface area contributed by atoms with Crippen LogP contribution in [0.4, 0.5) is 0 Å². The molecule has 116 valence electrons. The van der Waals surface area contributed by atoms with Gasteiger partial charge in [0.2, 0.25) is 0 Å². The van der Waals surface area contributed by atoms with Gasteiger partial charge in [0.15, 0.2) is 5.69 Å². The lowest BCUT2D eigenvalue weighted by Crippen LogP contribution is -2.33. The van der Waals surface area contributed by atoms with Crippen LogP contribution in [0.1, 0.15) is 51.6 Å². The Balaban J connectivity index is 1.42. The summed E-state index contributed by atoms with van der Waals surface area (Å²) in [6.07, 6.45) is 3.32. The number of aromatic nitrogens is 1. The third-order valence-electron chi connectivity index (χ3n) is 4.22. The minimum Gasteiger partial charge on any atom is -0.360 e. The van der Waals surface area contributed by atoms with Crippen molar-refractivity contribution < 1.29 is 9.32 Å². The van der Waals surface area contributed by atoms with Crippen molar-refractivity contribution in [3.8, 4) is 0 Å². The summed E-state index contributed by atoms with van der Waals surface area (Å²) in [7, 11) is 0. The van der Waals surface area contributed by atoms with Crippen LogP contribution >= 0.6 is 23.1 Å². The van der Waals surface area contributed by atoms with Crippen molar-refractivity contribution >= 4 is 29.0 Å². The Morgan fingerprint density at radius 2 is 2.23 bits per heavy atom. The number of amides is 1. The van der Waals surface area contributed by atoms with Crippen LogP contribution in [0.2, 0.25) is 0 Å². The Kier molecular flexibility index (Phi) is 3.96. The number of carbonyl (C=O) groups excluding carboxylic acids is 1. The summed E-state index contributed by atoms with van der Waals surface area (Å²) in [5, 5.41) is 6.62. The van der Waals surface area contributed by atoms with Gasteiger partial charge in [-0.25, -0.2) is 0 Å². The average Bonchev–Trinajstić information content (AvgIpc) is 3.11. The smallest absolute Gasteiger partial charge is 0.276 e. The third-order valence-corrected chi connectivity index (χ3v) is 6.66. The molecule has 2 aromatic rings. The summed E-state index contributed by atoms with van der Waals surface area (Å²) in [5.74, 6) is 2.37. The zero-order chi connectivity index (χ0) is 14.9. The van der Waals surface area contributed by atoms with Gasteiger partial charge in [0.1, 0.15) is 5.76 Å². The number of nitrogens with zero attached hydrogens (tertiary/aromatic N) is 2. The van der Waals surface area contributed by atoms with Gasteiger partial charge < -0.3 is 9.42 Å². The molecule has 4 rings (SSSR count). The van der Waals surface area contributed by atoms with Crippen LogP contribution in [-0.2, 0) is 0 Å². The molecular weight excluding hydrogens is 316 g/mol. The molecule has 1 aliphatic carbocycles. The monoisotopic (exact) mass is 334 g/mol. The molecular formula is C16H18N2O2S2. The van der Waals surface area contributed by atoms with Crippen LogP contribution in [0.5, 0.6) is 0 Å². The molecule has 0 aromatic carbocycles. The van der Waals surface area contributed by atoms with Gasteiger partial charge in [-0.1, -0.05) is 11.2 Å². The maximum atomic E-state index is 12.6. The predicted octanol–water partition coefficient (Wildman–Crippen LogP) is 3.93. The number of hydrogen-bond acceptors (Lipinski definition) is 5. The Labute approximate surface area is 137 Å². The summed E-state index contributed by atoms with van der Waals surface area (Å²) in [6.45, 7) is 1.58. The molecule has 22 heavy (non-hydrogen) atoms. The van der Waals surface area contributed by atoms with E-state index in [4.69, 9.17) is 4.52 Å². The molecule has 0 radical (unpaired) electrons. The van der Waals surface area contributed by atoms with Gasteiger partial charge in [0.25, 0.3) is 5.91 Å². The van der Waals surface area contributed by atoms with Crippen molar-refractivity contribution in [1.82, 2.24) is 10.1 Å². The molecule has 2 fully saturated rings. The maximum Gasteiger partial charge on any atom is 0.276 e. The van der Waals surface area contributed by atoms with E-state index in [1.165, 1.54) is 4.88 Å². The normalized spacial score (nSPS) is 22.5. The number of rotatable bonds is 3. The lowest BCUT2D eigenvalue weighted by atomic mass is 10.2. The minimum atomic E-state index is 0.0167. The van der Waals surface area contributed by atoms with Gasteiger partial charge in [-0.05, 0) is 30.7 Å². The lowest BCUT2D eigenvalue weighted by Gasteiger charge is -2.18. The van der Waals surface area contributed by atoms with E-state index >= 15 is 0 Å². The molecule has 1 aliphatic heterocycles. The molecule has 2 aromatic heterocycles. The molecule has 2 aliphatic rings. The molecule has 6 heteroatoms. The van der Waals surface area contributed by atoms with E-state index in [0.29, 0.717) is 16.9 Å². The maximum absolute atomic E-state index is 12.6. The zero-order valence-corrected chi connectivity index (χ0v) is 13.9. The molecule has 0 N–H and O–H groups in total. The van der Waals surface area contributed by atoms with E-state index in [1.807, 2.05) is 22.7 Å². The molecule has 1 atom stereocenters. The molecule has 1 saturated heterocycles. The van der Waals surface area contributed by atoms with Gasteiger partial charge in [-0.2, -0.15) is 11.8 Å². The number of thiophene rings is 1. The fraction of sp³-hybridized carbons (Fsp3) is 0.500. The topological polar surface area (TPSA) is 46.3 Å². The molecule has 1 amide bonds. The average molecular weight is 334 g/mol. The largest absolute Gasteiger partial charge is 0.360 e. The van der Waals surface area contributed by atoms with Crippen molar-refractivity contribution in [3.63, 3.8) is 0 Å². The van der Waals surface area contributed by atoms with Crippen molar-refractivity contribution in [2.75, 3.05) is 18.8 Å². The second-order valence-electron chi connectivity index (χ2n) is 5.84. The Bertz CT molecular complexity index is 649.